The van der Waals surface area contributed by atoms with Crippen LogP contribution >= 0.6 is 34.5 Å². The number of ether oxygens (including phenoxy) is 2. The summed E-state index contributed by atoms with van der Waals surface area (Å²) in [5, 5.41) is 1.42. The van der Waals surface area contributed by atoms with Gasteiger partial charge in [0.25, 0.3) is 5.91 Å². The van der Waals surface area contributed by atoms with Gasteiger partial charge < -0.3 is 14.4 Å². The van der Waals surface area contributed by atoms with E-state index >= 15 is 0 Å². The van der Waals surface area contributed by atoms with Gasteiger partial charge in [0.1, 0.15) is 0 Å². The van der Waals surface area contributed by atoms with Crippen LogP contribution in [0, 0.1) is 0 Å². The largest absolute Gasteiger partial charge is 0.454 e. The molecule has 0 unspecified atom stereocenters. The molecule has 0 bridgehead atoms. The molecule has 0 fully saturated rings. The molecule has 0 spiro atoms. The highest BCUT2D eigenvalue weighted by atomic mass is 35.5. The number of amides is 1. The lowest BCUT2D eigenvalue weighted by atomic mass is 10.2. The molecule has 6 nitrogen and oxygen atoms in total. The fraction of sp³-hybridized carbons (Fsp3) is 0.333. The number of rotatable bonds is 7. The number of benzene rings is 2. The Bertz CT molecular complexity index is 1040. The molecule has 4 rings (SSSR count). The van der Waals surface area contributed by atoms with E-state index in [0.717, 1.165) is 29.9 Å². The molecule has 158 valence electrons. The Morgan fingerprint density at radius 2 is 1.83 bits per heavy atom. The lowest BCUT2D eigenvalue weighted by Gasteiger charge is -2.25. The van der Waals surface area contributed by atoms with Crippen molar-refractivity contribution < 1.29 is 14.3 Å². The van der Waals surface area contributed by atoms with E-state index in [2.05, 4.69) is 18.7 Å². The topological polar surface area (TPSA) is 54.9 Å². The summed E-state index contributed by atoms with van der Waals surface area (Å²) in [6.45, 7) is 7.41. The van der Waals surface area contributed by atoms with Crippen LogP contribution in [-0.4, -0.2) is 48.8 Å². The minimum Gasteiger partial charge on any atom is -0.454 e. The van der Waals surface area contributed by atoms with Gasteiger partial charge in [-0.15, -0.1) is 0 Å². The summed E-state index contributed by atoms with van der Waals surface area (Å²) in [6.07, 6.45) is 0. The first-order chi connectivity index (χ1) is 14.5. The van der Waals surface area contributed by atoms with E-state index in [-0.39, 0.29) is 12.7 Å². The Morgan fingerprint density at radius 3 is 2.57 bits per heavy atom. The molecule has 0 saturated heterocycles. The maximum atomic E-state index is 13.5. The number of aromatic nitrogens is 1. The van der Waals surface area contributed by atoms with Crippen molar-refractivity contribution in [2.45, 2.75) is 13.8 Å². The van der Waals surface area contributed by atoms with E-state index in [9.17, 15) is 4.79 Å². The third-order valence-electron chi connectivity index (χ3n) is 5.04. The van der Waals surface area contributed by atoms with Gasteiger partial charge in [-0.05, 0) is 31.3 Å². The van der Waals surface area contributed by atoms with Gasteiger partial charge in [0, 0.05) is 30.2 Å². The minimum atomic E-state index is -0.228. The van der Waals surface area contributed by atoms with Crippen LogP contribution in [0.3, 0.4) is 0 Å². The van der Waals surface area contributed by atoms with Gasteiger partial charge >= 0.3 is 0 Å². The highest BCUT2D eigenvalue weighted by Crippen LogP contribution is 2.40. The van der Waals surface area contributed by atoms with Gasteiger partial charge in [-0.2, -0.15) is 0 Å². The number of likely N-dealkylation sites (N-methyl/N-ethyl adjacent to an activating group) is 1. The first kappa shape index (κ1) is 21.2. The van der Waals surface area contributed by atoms with E-state index in [0.29, 0.717) is 38.8 Å². The van der Waals surface area contributed by atoms with Crippen molar-refractivity contribution in [2.75, 3.05) is 37.9 Å². The van der Waals surface area contributed by atoms with Gasteiger partial charge in [-0.3, -0.25) is 9.69 Å². The highest BCUT2D eigenvalue weighted by Gasteiger charge is 2.25. The van der Waals surface area contributed by atoms with E-state index in [1.807, 2.05) is 12.1 Å². The lowest BCUT2D eigenvalue weighted by Crippen LogP contribution is -2.39. The highest BCUT2D eigenvalue weighted by molar-refractivity contribution is 7.22. The normalized spacial score (nSPS) is 12.7. The average molecular weight is 466 g/mol. The van der Waals surface area contributed by atoms with Crippen molar-refractivity contribution in [3.8, 4) is 11.5 Å². The van der Waals surface area contributed by atoms with E-state index in [4.69, 9.17) is 37.7 Å². The zero-order valence-corrected chi connectivity index (χ0v) is 19.0. The molecule has 0 radical (unpaired) electrons. The Morgan fingerprint density at radius 1 is 1.10 bits per heavy atom. The minimum absolute atomic E-state index is 0.210. The van der Waals surface area contributed by atoms with E-state index in [1.54, 1.807) is 23.1 Å². The second-order valence-electron chi connectivity index (χ2n) is 6.78. The molecule has 0 atom stereocenters. The van der Waals surface area contributed by atoms with Crippen LogP contribution in [0.15, 0.2) is 30.3 Å². The van der Waals surface area contributed by atoms with Crippen molar-refractivity contribution >= 4 is 55.8 Å². The van der Waals surface area contributed by atoms with Crippen LogP contribution in [0.25, 0.3) is 10.2 Å². The molecule has 1 aromatic heterocycles. The lowest BCUT2D eigenvalue weighted by molar-refractivity contribution is 0.0984. The van der Waals surface area contributed by atoms with Gasteiger partial charge in [0.05, 0.1) is 20.8 Å². The number of thiazole rings is 1. The zero-order valence-electron chi connectivity index (χ0n) is 16.7. The summed E-state index contributed by atoms with van der Waals surface area (Å²) in [4.78, 5) is 22.1. The maximum Gasteiger partial charge on any atom is 0.261 e. The summed E-state index contributed by atoms with van der Waals surface area (Å²) < 4.78 is 11.8. The third kappa shape index (κ3) is 4.21. The summed E-state index contributed by atoms with van der Waals surface area (Å²) in [6, 6.07) is 8.65. The molecule has 30 heavy (non-hydrogen) atoms. The monoisotopic (exact) mass is 465 g/mol. The summed E-state index contributed by atoms with van der Waals surface area (Å²) in [7, 11) is 0. The quantitative estimate of drug-likeness (QED) is 0.472. The Balaban J connectivity index is 1.72. The molecule has 1 amide bonds. The smallest absolute Gasteiger partial charge is 0.261 e. The predicted molar refractivity (Wildman–Crippen MR) is 122 cm³/mol. The molecule has 0 N–H and O–H groups in total. The second-order valence-corrected chi connectivity index (χ2v) is 8.63. The van der Waals surface area contributed by atoms with Crippen LogP contribution in [0.1, 0.15) is 24.2 Å². The molecule has 1 aliphatic rings. The first-order valence-electron chi connectivity index (χ1n) is 9.69. The Hall–Kier alpha value is -2.06. The number of nitrogens with zero attached hydrogens (tertiary/aromatic N) is 3. The van der Waals surface area contributed by atoms with Crippen molar-refractivity contribution in [3.63, 3.8) is 0 Å². The number of anilines is 1. The van der Waals surface area contributed by atoms with Crippen LogP contribution in [0.2, 0.25) is 10.0 Å². The van der Waals surface area contributed by atoms with Crippen molar-refractivity contribution in [1.29, 1.82) is 0 Å². The van der Waals surface area contributed by atoms with Crippen LogP contribution in [0.4, 0.5) is 5.13 Å². The number of halogens is 2. The molecular formula is C21H21Cl2N3O3S. The molecule has 0 saturated carbocycles. The molecule has 0 aliphatic carbocycles. The summed E-state index contributed by atoms with van der Waals surface area (Å²) in [5.41, 5.74) is 1.12. The number of carbonyl (C=O) groups is 1. The third-order valence-corrected chi connectivity index (χ3v) is 6.65. The van der Waals surface area contributed by atoms with Gasteiger partial charge in [0.2, 0.25) is 6.79 Å². The number of carbonyl (C=O) groups excluding carboxylic acids is 1. The Kier molecular flexibility index (Phi) is 6.34. The number of hydrogen-bond donors (Lipinski definition) is 0. The first-order valence-corrected chi connectivity index (χ1v) is 11.3. The van der Waals surface area contributed by atoms with Crippen molar-refractivity contribution in [1.82, 2.24) is 9.88 Å². The average Bonchev–Trinajstić information content (AvgIpc) is 3.36. The molecule has 3 aromatic rings. The van der Waals surface area contributed by atoms with E-state index < -0.39 is 0 Å². The van der Waals surface area contributed by atoms with Crippen LogP contribution in [0.5, 0.6) is 11.5 Å². The summed E-state index contributed by atoms with van der Waals surface area (Å²) >= 11 is 13.9. The number of fused-ring (bicyclic) bond motifs is 2. The van der Waals surface area contributed by atoms with Gasteiger partial charge in [-0.25, -0.2) is 4.98 Å². The fourth-order valence-corrected chi connectivity index (χ4v) is 4.66. The van der Waals surface area contributed by atoms with Crippen molar-refractivity contribution in [2.24, 2.45) is 0 Å². The number of hydrogen-bond acceptors (Lipinski definition) is 6. The molecule has 2 heterocycles. The van der Waals surface area contributed by atoms with Gasteiger partial charge in [-0.1, -0.05) is 48.4 Å². The van der Waals surface area contributed by atoms with Crippen LogP contribution in [-0.2, 0) is 0 Å². The maximum absolute atomic E-state index is 13.5. The van der Waals surface area contributed by atoms with Gasteiger partial charge in [0.15, 0.2) is 16.6 Å². The zero-order chi connectivity index (χ0) is 21.3. The molecule has 2 aromatic carbocycles. The SMILES string of the molecule is CCN(CC)CCN(C(=O)c1cc(Cl)ccc1Cl)c1nc2cc3c(cc2s1)OCO3. The Labute approximate surface area is 188 Å². The molecule has 9 heteroatoms. The predicted octanol–water partition coefficient (Wildman–Crippen LogP) is 5.32. The molecule has 1 aliphatic heterocycles. The standard InChI is InChI=1S/C21H21Cl2N3O3S/c1-3-25(4-2)7-8-26(20(27)14-9-13(22)5-6-15(14)23)21-24-16-10-17-18(29-12-28-17)11-19(16)30-21/h5-6,9-11H,3-4,7-8,12H2,1-2H3. The second kappa shape index (κ2) is 8.98. The fourth-order valence-electron chi connectivity index (χ4n) is 3.29. The van der Waals surface area contributed by atoms with Crippen LogP contribution < -0.4 is 14.4 Å². The van der Waals surface area contributed by atoms with Crippen molar-refractivity contribution in [3.05, 3.63) is 45.9 Å². The van der Waals surface area contributed by atoms with E-state index in [1.165, 1.54) is 11.3 Å². The summed E-state index contributed by atoms with van der Waals surface area (Å²) in [5.74, 6) is 1.13. The molecular weight excluding hydrogens is 445 g/mol.